The van der Waals surface area contributed by atoms with Crippen LogP contribution in [0.15, 0.2) is 42.5 Å². The lowest BCUT2D eigenvalue weighted by Crippen LogP contribution is -2.49. The van der Waals surface area contributed by atoms with Gasteiger partial charge in [-0.3, -0.25) is 14.5 Å². The number of piperazine rings is 1. The Morgan fingerprint density at radius 3 is 2.09 bits per heavy atom. The molecule has 1 unspecified atom stereocenters. The summed E-state index contributed by atoms with van der Waals surface area (Å²) in [5.41, 5.74) is 4.98. The van der Waals surface area contributed by atoms with Gasteiger partial charge >= 0.3 is 11.8 Å². The van der Waals surface area contributed by atoms with E-state index in [0.717, 1.165) is 48.6 Å². The van der Waals surface area contributed by atoms with Crippen molar-refractivity contribution in [3.05, 3.63) is 59.2 Å². The molecule has 7 nitrogen and oxygen atoms in total. The maximum Gasteiger partial charge on any atom is 0.313 e. The Bertz CT molecular complexity index is 914. The van der Waals surface area contributed by atoms with E-state index in [0.29, 0.717) is 12.2 Å². The Morgan fingerprint density at radius 1 is 0.938 bits per heavy atom. The number of likely N-dealkylation sites (N-methyl/N-ethyl adjacent to an activating group) is 1. The first-order valence-electron chi connectivity index (χ1n) is 11.1. The molecule has 32 heavy (non-hydrogen) atoms. The highest BCUT2D eigenvalue weighted by Crippen LogP contribution is 2.24. The quantitative estimate of drug-likeness (QED) is 0.680. The lowest BCUT2D eigenvalue weighted by Gasteiger charge is -2.38. The lowest BCUT2D eigenvalue weighted by atomic mass is 10.0. The summed E-state index contributed by atoms with van der Waals surface area (Å²) in [6.45, 7) is 8.10. The topological polar surface area (TPSA) is 67.9 Å². The van der Waals surface area contributed by atoms with E-state index in [1.165, 1.54) is 0 Å². The van der Waals surface area contributed by atoms with Gasteiger partial charge in [-0.15, -0.1) is 0 Å². The molecule has 0 saturated carbocycles. The first-order valence-corrected chi connectivity index (χ1v) is 11.1. The third-order valence-corrected chi connectivity index (χ3v) is 5.91. The summed E-state index contributed by atoms with van der Waals surface area (Å²) in [5.74, 6) is -1.26. The van der Waals surface area contributed by atoms with Gasteiger partial charge in [-0.2, -0.15) is 0 Å². The molecule has 2 amide bonds. The van der Waals surface area contributed by atoms with Gasteiger partial charge in [0, 0.05) is 58.2 Å². The standard InChI is InChI=1S/C25H35N5O2/c1-18-14-19(2)16-21(15-18)27-25(32)24(31)26-17-23(30-12-10-29(5)11-13-30)20-6-8-22(9-7-20)28(3)4/h6-9,14-16,23H,10-13,17H2,1-5H3,(H,26,31)(H,27,32). The van der Waals surface area contributed by atoms with Crippen LogP contribution in [0.25, 0.3) is 0 Å². The smallest absolute Gasteiger partial charge is 0.313 e. The minimum atomic E-state index is -0.643. The SMILES string of the molecule is Cc1cc(C)cc(NC(=O)C(=O)NCC(c2ccc(N(C)C)cc2)N2CCN(C)CC2)c1. The molecule has 3 rings (SSSR count). The number of hydrogen-bond acceptors (Lipinski definition) is 5. The number of carbonyl (C=O) groups excluding carboxylic acids is 2. The monoisotopic (exact) mass is 437 g/mol. The summed E-state index contributed by atoms with van der Waals surface area (Å²) < 4.78 is 0. The minimum absolute atomic E-state index is 0.0119. The zero-order chi connectivity index (χ0) is 23.3. The Hall–Kier alpha value is -2.90. The molecule has 1 heterocycles. The third kappa shape index (κ3) is 6.31. The van der Waals surface area contributed by atoms with Crippen molar-refractivity contribution in [1.82, 2.24) is 15.1 Å². The van der Waals surface area contributed by atoms with Crippen molar-refractivity contribution >= 4 is 23.2 Å². The Labute approximate surface area is 191 Å². The number of carbonyl (C=O) groups is 2. The summed E-state index contributed by atoms with van der Waals surface area (Å²) >= 11 is 0. The van der Waals surface area contributed by atoms with Crippen LogP contribution in [-0.2, 0) is 9.59 Å². The number of nitrogens with zero attached hydrogens (tertiary/aromatic N) is 3. The second-order valence-electron chi connectivity index (χ2n) is 8.88. The highest BCUT2D eigenvalue weighted by molar-refractivity contribution is 6.39. The fourth-order valence-corrected chi connectivity index (χ4v) is 4.09. The van der Waals surface area contributed by atoms with Crippen LogP contribution in [0.5, 0.6) is 0 Å². The van der Waals surface area contributed by atoms with E-state index in [-0.39, 0.29) is 6.04 Å². The van der Waals surface area contributed by atoms with Crippen molar-refractivity contribution in [2.45, 2.75) is 19.9 Å². The Kier molecular flexibility index (Phi) is 7.88. The van der Waals surface area contributed by atoms with Crippen LogP contribution in [0.1, 0.15) is 22.7 Å². The van der Waals surface area contributed by atoms with Gasteiger partial charge in [-0.05, 0) is 61.9 Å². The molecule has 1 saturated heterocycles. The van der Waals surface area contributed by atoms with Gasteiger partial charge in [0.05, 0.1) is 6.04 Å². The number of nitrogens with one attached hydrogen (secondary N) is 2. The average Bonchev–Trinajstić information content (AvgIpc) is 2.74. The van der Waals surface area contributed by atoms with Crippen LogP contribution in [-0.4, -0.2) is 75.5 Å². The van der Waals surface area contributed by atoms with Crippen molar-refractivity contribution in [2.75, 3.05) is 64.1 Å². The highest BCUT2D eigenvalue weighted by atomic mass is 16.2. The van der Waals surface area contributed by atoms with E-state index >= 15 is 0 Å². The van der Waals surface area contributed by atoms with E-state index in [4.69, 9.17) is 0 Å². The normalized spacial score (nSPS) is 15.8. The molecule has 2 N–H and O–H groups in total. The zero-order valence-corrected chi connectivity index (χ0v) is 19.8. The third-order valence-electron chi connectivity index (χ3n) is 5.91. The second kappa shape index (κ2) is 10.6. The molecule has 1 atom stereocenters. The average molecular weight is 438 g/mol. The largest absolute Gasteiger partial charge is 0.378 e. The first kappa shape index (κ1) is 23.8. The predicted molar refractivity (Wildman–Crippen MR) is 130 cm³/mol. The van der Waals surface area contributed by atoms with Crippen LogP contribution in [0.3, 0.4) is 0 Å². The van der Waals surface area contributed by atoms with Gasteiger partial charge in [0.2, 0.25) is 0 Å². The summed E-state index contributed by atoms with van der Waals surface area (Å²) in [7, 11) is 6.15. The number of anilines is 2. The molecule has 2 aromatic carbocycles. The van der Waals surface area contributed by atoms with Crippen LogP contribution >= 0.6 is 0 Å². The molecule has 1 aliphatic rings. The molecule has 1 aliphatic heterocycles. The van der Waals surface area contributed by atoms with Gasteiger partial charge in [-0.1, -0.05) is 18.2 Å². The number of amides is 2. The van der Waals surface area contributed by atoms with Crippen LogP contribution in [0, 0.1) is 13.8 Å². The molecule has 0 bridgehead atoms. The van der Waals surface area contributed by atoms with Gasteiger partial charge in [0.1, 0.15) is 0 Å². The summed E-state index contributed by atoms with van der Waals surface area (Å²) in [6, 6.07) is 14.2. The fraction of sp³-hybridized carbons (Fsp3) is 0.440. The van der Waals surface area contributed by atoms with Crippen molar-refractivity contribution in [3.63, 3.8) is 0 Å². The minimum Gasteiger partial charge on any atom is -0.378 e. The number of aryl methyl sites for hydroxylation is 2. The molecule has 7 heteroatoms. The van der Waals surface area contributed by atoms with Crippen molar-refractivity contribution in [3.8, 4) is 0 Å². The highest BCUT2D eigenvalue weighted by Gasteiger charge is 2.25. The predicted octanol–water partition coefficient (Wildman–Crippen LogP) is 2.41. The number of hydrogen-bond donors (Lipinski definition) is 2. The molecular weight excluding hydrogens is 402 g/mol. The van der Waals surface area contributed by atoms with Crippen LogP contribution in [0.2, 0.25) is 0 Å². The van der Waals surface area contributed by atoms with Gasteiger partial charge in [-0.25, -0.2) is 0 Å². The molecule has 172 valence electrons. The first-order chi connectivity index (χ1) is 15.2. The summed E-state index contributed by atoms with van der Waals surface area (Å²) in [6.07, 6.45) is 0. The second-order valence-corrected chi connectivity index (χ2v) is 8.88. The van der Waals surface area contributed by atoms with E-state index in [2.05, 4.69) is 56.6 Å². The van der Waals surface area contributed by atoms with Crippen LogP contribution in [0.4, 0.5) is 11.4 Å². The van der Waals surface area contributed by atoms with E-state index in [1.54, 1.807) is 0 Å². The van der Waals surface area contributed by atoms with Gasteiger partial charge in [0.25, 0.3) is 0 Å². The summed E-state index contributed by atoms with van der Waals surface area (Å²) in [5, 5.41) is 5.58. The van der Waals surface area contributed by atoms with Crippen molar-refractivity contribution in [2.24, 2.45) is 0 Å². The van der Waals surface area contributed by atoms with E-state index in [1.807, 2.05) is 46.1 Å². The summed E-state index contributed by atoms with van der Waals surface area (Å²) in [4.78, 5) is 31.8. The molecule has 2 aromatic rings. The van der Waals surface area contributed by atoms with Gasteiger partial charge < -0.3 is 20.4 Å². The van der Waals surface area contributed by atoms with Gasteiger partial charge in [0.15, 0.2) is 0 Å². The fourth-order valence-electron chi connectivity index (χ4n) is 4.09. The molecule has 0 aromatic heterocycles. The molecule has 1 fully saturated rings. The Morgan fingerprint density at radius 2 is 1.53 bits per heavy atom. The number of benzene rings is 2. The van der Waals surface area contributed by atoms with Crippen LogP contribution < -0.4 is 15.5 Å². The van der Waals surface area contributed by atoms with Crippen molar-refractivity contribution in [1.29, 1.82) is 0 Å². The maximum atomic E-state index is 12.6. The maximum absolute atomic E-state index is 12.6. The molecule has 0 aliphatic carbocycles. The molecular formula is C25H35N5O2. The van der Waals surface area contributed by atoms with E-state index in [9.17, 15) is 9.59 Å². The van der Waals surface area contributed by atoms with E-state index < -0.39 is 11.8 Å². The lowest BCUT2D eigenvalue weighted by molar-refractivity contribution is -0.136. The molecule has 0 radical (unpaired) electrons. The number of rotatable bonds is 6. The zero-order valence-electron chi connectivity index (χ0n) is 19.8. The molecule has 0 spiro atoms. The van der Waals surface area contributed by atoms with Crippen molar-refractivity contribution < 1.29 is 9.59 Å². The Balaban J connectivity index is 1.68.